The Morgan fingerprint density at radius 2 is 1.86 bits per heavy atom. The average Bonchev–Trinajstić information content (AvgIpc) is 3.51. The van der Waals surface area contributed by atoms with Crippen molar-refractivity contribution in [2.24, 2.45) is 0 Å². The fourth-order valence-corrected chi connectivity index (χ4v) is 3.34. The second kappa shape index (κ2) is 10.4. The van der Waals surface area contributed by atoms with Gasteiger partial charge in [0.05, 0.1) is 17.6 Å². The minimum absolute atomic E-state index is 0.0716. The van der Waals surface area contributed by atoms with Crippen LogP contribution >= 0.6 is 0 Å². The number of oxazole rings is 1. The van der Waals surface area contributed by atoms with Crippen LogP contribution in [0.2, 0.25) is 0 Å². The highest BCUT2D eigenvalue weighted by Crippen LogP contribution is 2.28. The van der Waals surface area contributed by atoms with Crippen LogP contribution in [-0.2, 0) is 0 Å². The Morgan fingerprint density at radius 1 is 1.14 bits per heavy atom. The van der Waals surface area contributed by atoms with Gasteiger partial charge in [-0.05, 0) is 35.7 Å². The summed E-state index contributed by atoms with van der Waals surface area (Å²) >= 11 is 0. The largest absolute Gasteiger partial charge is 0.444 e. The third-order valence-electron chi connectivity index (χ3n) is 5.24. The second-order valence-corrected chi connectivity index (χ2v) is 8.31. The number of amides is 1. The van der Waals surface area contributed by atoms with Crippen LogP contribution in [0.25, 0.3) is 17.1 Å². The van der Waals surface area contributed by atoms with E-state index < -0.39 is 30.7 Å². The number of rotatable bonds is 8. The fourth-order valence-electron chi connectivity index (χ4n) is 3.34. The summed E-state index contributed by atoms with van der Waals surface area (Å²) in [4.78, 5) is 20.5. The zero-order valence-corrected chi connectivity index (χ0v) is 19.6. The number of carbonyl (C=O) groups excluding carboxylic acids is 1. The normalized spacial score (nSPS) is 11.8. The number of nitrogens with one attached hydrogen (secondary N) is 2. The topological polar surface area (TPSA) is 97.9 Å². The van der Waals surface area contributed by atoms with Gasteiger partial charge in [0.25, 0.3) is 12.3 Å². The summed E-state index contributed by atoms with van der Waals surface area (Å²) in [5.74, 6) is -0.691. The van der Waals surface area contributed by atoms with Crippen LogP contribution in [0.4, 0.5) is 33.5 Å². The van der Waals surface area contributed by atoms with Gasteiger partial charge in [0.15, 0.2) is 11.4 Å². The van der Waals surface area contributed by atoms with E-state index in [0.717, 1.165) is 11.8 Å². The van der Waals surface area contributed by atoms with Crippen LogP contribution < -0.4 is 10.6 Å². The maximum Gasteiger partial charge on any atom is 0.405 e. The van der Waals surface area contributed by atoms with E-state index in [1.165, 1.54) is 29.2 Å². The first-order chi connectivity index (χ1) is 17.5. The molecule has 3 heterocycles. The zero-order chi connectivity index (χ0) is 26.7. The lowest BCUT2D eigenvalue weighted by Gasteiger charge is -2.08. The van der Waals surface area contributed by atoms with Gasteiger partial charge in [-0.1, -0.05) is 26.0 Å². The van der Waals surface area contributed by atoms with E-state index in [2.05, 4.69) is 25.7 Å². The summed E-state index contributed by atoms with van der Waals surface area (Å²) in [6, 6.07) is 9.89. The van der Waals surface area contributed by atoms with Gasteiger partial charge < -0.3 is 15.1 Å². The summed E-state index contributed by atoms with van der Waals surface area (Å²) in [6.45, 7) is 2.77. The highest BCUT2D eigenvalue weighted by atomic mass is 19.4. The minimum atomic E-state index is -4.44. The summed E-state index contributed by atoms with van der Waals surface area (Å²) < 4.78 is 71.1. The molecule has 0 fully saturated rings. The third kappa shape index (κ3) is 6.29. The first kappa shape index (κ1) is 25.8. The van der Waals surface area contributed by atoms with E-state index in [1.54, 1.807) is 12.1 Å². The Hall–Kier alpha value is -4.29. The number of hydrogen-bond acceptors (Lipinski definition) is 6. The van der Waals surface area contributed by atoms with Gasteiger partial charge >= 0.3 is 6.18 Å². The molecule has 0 radical (unpaired) electrons. The first-order valence-corrected chi connectivity index (χ1v) is 11.0. The monoisotopic (exact) mass is 520 g/mol. The van der Waals surface area contributed by atoms with Crippen LogP contribution in [0.15, 0.2) is 59.5 Å². The van der Waals surface area contributed by atoms with Gasteiger partial charge in [-0.15, -0.1) is 0 Å². The van der Waals surface area contributed by atoms with Gasteiger partial charge in [0, 0.05) is 11.8 Å². The molecule has 0 unspecified atom stereocenters. The third-order valence-corrected chi connectivity index (χ3v) is 5.24. The number of pyridine rings is 1. The van der Waals surface area contributed by atoms with Crippen LogP contribution in [0.1, 0.15) is 47.9 Å². The molecular weight excluding hydrogens is 499 g/mol. The number of hydrogen-bond donors (Lipinski definition) is 2. The molecule has 0 saturated carbocycles. The Morgan fingerprint density at radius 3 is 2.51 bits per heavy atom. The number of carbonyl (C=O) groups is 1. The van der Waals surface area contributed by atoms with Crippen molar-refractivity contribution in [2.75, 3.05) is 17.2 Å². The maximum atomic E-state index is 13.6. The van der Waals surface area contributed by atoms with E-state index in [4.69, 9.17) is 4.42 Å². The van der Waals surface area contributed by atoms with Crippen LogP contribution in [0.3, 0.4) is 0 Å². The summed E-state index contributed by atoms with van der Waals surface area (Å²) in [7, 11) is 0. The molecule has 0 saturated heterocycles. The number of aromatic nitrogens is 4. The summed E-state index contributed by atoms with van der Waals surface area (Å²) in [6.07, 6.45) is -3.88. The van der Waals surface area contributed by atoms with E-state index in [1.807, 2.05) is 26.0 Å². The molecule has 37 heavy (non-hydrogen) atoms. The maximum absolute atomic E-state index is 13.6. The molecule has 0 aliphatic heterocycles. The lowest BCUT2D eigenvalue weighted by molar-refractivity contribution is -0.115. The Balaban J connectivity index is 1.52. The lowest BCUT2D eigenvalue weighted by Crippen LogP contribution is -2.21. The quantitative estimate of drug-likeness (QED) is 0.268. The van der Waals surface area contributed by atoms with Crippen molar-refractivity contribution >= 4 is 17.4 Å². The van der Waals surface area contributed by atoms with Gasteiger partial charge in [-0.2, -0.15) is 18.3 Å². The van der Waals surface area contributed by atoms with Crippen molar-refractivity contribution in [3.05, 3.63) is 72.0 Å². The molecular formula is C24H21F5N6O2. The van der Waals surface area contributed by atoms with Gasteiger partial charge in [0.1, 0.15) is 18.6 Å². The summed E-state index contributed by atoms with van der Waals surface area (Å²) in [5.41, 5.74) is 0.788. The second-order valence-electron chi connectivity index (χ2n) is 8.31. The van der Waals surface area contributed by atoms with Crippen molar-refractivity contribution in [2.45, 2.75) is 32.4 Å². The molecule has 1 aromatic carbocycles. The number of alkyl halides is 5. The Bertz CT molecular complexity index is 1380. The lowest BCUT2D eigenvalue weighted by atomic mass is 10.0. The molecule has 194 valence electrons. The molecule has 3 aromatic heterocycles. The number of nitrogens with zero attached hydrogens (tertiary/aromatic N) is 4. The van der Waals surface area contributed by atoms with Crippen LogP contribution in [0.5, 0.6) is 0 Å². The molecule has 8 nitrogen and oxygen atoms in total. The smallest absolute Gasteiger partial charge is 0.405 e. The number of benzene rings is 1. The Kier molecular flexibility index (Phi) is 7.23. The predicted molar refractivity (Wildman–Crippen MR) is 125 cm³/mol. The van der Waals surface area contributed by atoms with Crippen LogP contribution in [-0.4, -0.2) is 38.4 Å². The standard InChI is InChI=1S/C24H21F5N6O2/c1-13(2)14-3-5-16(6-4-14)35-10-17(20(34-35)21(25)26)32-22(36)18-11-37-23(33-18)15-7-8-30-19(9-15)31-12-24(27,28)29/h3-11,13,21H,12H2,1-2H3,(H,30,31)(H,32,36). The van der Waals surface area contributed by atoms with Gasteiger partial charge in [-0.25, -0.2) is 23.4 Å². The predicted octanol–water partition coefficient (Wildman–Crippen LogP) is 6.21. The van der Waals surface area contributed by atoms with Crippen molar-refractivity contribution in [1.29, 1.82) is 0 Å². The van der Waals surface area contributed by atoms with Gasteiger partial charge in [-0.3, -0.25) is 4.79 Å². The van der Waals surface area contributed by atoms with Gasteiger partial charge in [0.2, 0.25) is 5.89 Å². The van der Waals surface area contributed by atoms with E-state index in [0.29, 0.717) is 11.6 Å². The number of anilines is 2. The van der Waals surface area contributed by atoms with E-state index in [9.17, 15) is 26.7 Å². The fraction of sp³-hybridized carbons (Fsp3) is 0.250. The highest BCUT2D eigenvalue weighted by molar-refractivity contribution is 6.03. The van der Waals surface area contributed by atoms with E-state index >= 15 is 0 Å². The molecule has 0 aliphatic rings. The minimum Gasteiger partial charge on any atom is -0.444 e. The zero-order valence-electron chi connectivity index (χ0n) is 19.6. The molecule has 0 bridgehead atoms. The molecule has 13 heteroatoms. The molecule has 2 N–H and O–H groups in total. The van der Waals surface area contributed by atoms with Crippen molar-refractivity contribution < 1.29 is 31.2 Å². The van der Waals surface area contributed by atoms with Crippen LogP contribution in [0, 0.1) is 0 Å². The molecule has 0 aliphatic carbocycles. The number of halogens is 5. The SMILES string of the molecule is CC(C)c1ccc(-n2cc(NC(=O)c3coc(-c4ccnc(NCC(F)(F)F)c4)n3)c(C(F)F)n2)cc1. The van der Waals surface area contributed by atoms with Crippen molar-refractivity contribution in [1.82, 2.24) is 19.7 Å². The van der Waals surface area contributed by atoms with E-state index in [-0.39, 0.29) is 28.7 Å². The molecule has 4 aromatic rings. The molecule has 0 spiro atoms. The Labute approximate surface area is 207 Å². The average molecular weight is 520 g/mol. The van der Waals surface area contributed by atoms with Crippen molar-refractivity contribution in [3.8, 4) is 17.1 Å². The summed E-state index contributed by atoms with van der Waals surface area (Å²) in [5, 5.41) is 8.41. The molecule has 1 amide bonds. The molecule has 0 atom stereocenters. The first-order valence-electron chi connectivity index (χ1n) is 11.0. The van der Waals surface area contributed by atoms with Crippen molar-refractivity contribution in [3.63, 3.8) is 0 Å². The molecule has 4 rings (SSSR count). The highest BCUT2D eigenvalue weighted by Gasteiger charge is 2.27.